The van der Waals surface area contributed by atoms with Gasteiger partial charge in [-0.15, -0.1) is 0 Å². The third kappa shape index (κ3) is 3.58. The zero-order chi connectivity index (χ0) is 11.5. The number of hydrogen-bond acceptors (Lipinski definition) is 2. The molecule has 0 heterocycles. The molecule has 15 heavy (non-hydrogen) atoms. The molecule has 0 amide bonds. The predicted octanol–water partition coefficient (Wildman–Crippen LogP) is 2.63. The molecular formula is C9H11ClINO2S. The maximum Gasteiger partial charge on any atom is 0.241 e. The molecule has 0 spiro atoms. The molecule has 0 bridgehead atoms. The van der Waals surface area contributed by atoms with Crippen LogP contribution in [0.2, 0.25) is 5.02 Å². The molecule has 0 aromatic heterocycles. The van der Waals surface area contributed by atoms with Gasteiger partial charge in [-0.2, -0.15) is 0 Å². The van der Waals surface area contributed by atoms with Crippen molar-refractivity contribution in [2.75, 3.05) is 6.54 Å². The highest BCUT2D eigenvalue weighted by Crippen LogP contribution is 2.21. The lowest BCUT2D eigenvalue weighted by Gasteiger charge is -2.07. The minimum atomic E-state index is -3.39. The van der Waals surface area contributed by atoms with E-state index in [0.29, 0.717) is 15.1 Å². The summed E-state index contributed by atoms with van der Waals surface area (Å²) in [6, 6.07) is 4.72. The summed E-state index contributed by atoms with van der Waals surface area (Å²) in [5, 5.41) is 0.536. The molecule has 1 aromatic carbocycles. The molecule has 0 aliphatic rings. The van der Waals surface area contributed by atoms with E-state index in [0.717, 1.165) is 6.42 Å². The normalized spacial score (nSPS) is 11.7. The van der Waals surface area contributed by atoms with Gasteiger partial charge in [0.05, 0.1) is 4.90 Å². The van der Waals surface area contributed by atoms with Crippen molar-refractivity contribution in [3.63, 3.8) is 0 Å². The number of rotatable bonds is 4. The van der Waals surface area contributed by atoms with Crippen LogP contribution in [0.5, 0.6) is 0 Å². The van der Waals surface area contributed by atoms with Crippen LogP contribution in [0.15, 0.2) is 23.1 Å². The predicted molar refractivity (Wildman–Crippen MR) is 69.6 cm³/mol. The van der Waals surface area contributed by atoms with Crippen molar-refractivity contribution < 1.29 is 8.42 Å². The van der Waals surface area contributed by atoms with Gasteiger partial charge in [-0.1, -0.05) is 18.5 Å². The fourth-order valence-electron chi connectivity index (χ4n) is 1.01. The third-order valence-electron chi connectivity index (χ3n) is 1.73. The van der Waals surface area contributed by atoms with Gasteiger partial charge in [0.2, 0.25) is 10.0 Å². The number of sulfonamides is 1. The molecule has 84 valence electrons. The lowest BCUT2D eigenvalue weighted by Crippen LogP contribution is -2.25. The summed E-state index contributed by atoms with van der Waals surface area (Å²) in [5.74, 6) is 0. The van der Waals surface area contributed by atoms with Crippen LogP contribution < -0.4 is 4.72 Å². The summed E-state index contributed by atoms with van der Waals surface area (Å²) in [4.78, 5) is 0.279. The van der Waals surface area contributed by atoms with E-state index in [1.54, 1.807) is 12.1 Å². The van der Waals surface area contributed by atoms with Gasteiger partial charge in [0, 0.05) is 15.1 Å². The number of nitrogens with one attached hydrogen (secondary N) is 1. The highest BCUT2D eigenvalue weighted by atomic mass is 127. The van der Waals surface area contributed by atoms with Crippen molar-refractivity contribution >= 4 is 44.2 Å². The first-order valence-corrected chi connectivity index (χ1v) is 7.36. The Hall–Kier alpha value is 0.150. The van der Waals surface area contributed by atoms with Gasteiger partial charge in [0.1, 0.15) is 0 Å². The van der Waals surface area contributed by atoms with Gasteiger partial charge >= 0.3 is 0 Å². The quantitative estimate of drug-likeness (QED) is 0.840. The second-order valence-electron chi connectivity index (χ2n) is 2.97. The van der Waals surface area contributed by atoms with Crippen molar-refractivity contribution in [1.82, 2.24) is 4.72 Å². The fourth-order valence-corrected chi connectivity index (χ4v) is 3.94. The Morgan fingerprint density at radius 2 is 2.13 bits per heavy atom. The molecule has 3 nitrogen and oxygen atoms in total. The van der Waals surface area contributed by atoms with Gasteiger partial charge in [0.25, 0.3) is 0 Å². The van der Waals surface area contributed by atoms with Gasteiger partial charge < -0.3 is 0 Å². The van der Waals surface area contributed by atoms with Crippen LogP contribution in [0.25, 0.3) is 0 Å². The molecule has 0 radical (unpaired) electrons. The van der Waals surface area contributed by atoms with E-state index in [9.17, 15) is 8.42 Å². The molecular weight excluding hydrogens is 349 g/mol. The Labute approximate surface area is 108 Å². The van der Waals surface area contributed by atoms with E-state index in [4.69, 9.17) is 11.6 Å². The average Bonchev–Trinajstić information content (AvgIpc) is 2.14. The topological polar surface area (TPSA) is 46.2 Å². The minimum Gasteiger partial charge on any atom is -0.211 e. The van der Waals surface area contributed by atoms with Crippen molar-refractivity contribution in [1.29, 1.82) is 0 Å². The smallest absolute Gasteiger partial charge is 0.211 e. The lowest BCUT2D eigenvalue weighted by molar-refractivity contribution is 0.580. The zero-order valence-electron chi connectivity index (χ0n) is 8.13. The van der Waals surface area contributed by atoms with E-state index in [2.05, 4.69) is 4.72 Å². The highest BCUT2D eigenvalue weighted by Gasteiger charge is 2.16. The maximum atomic E-state index is 11.8. The number of hydrogen-bond donors (Lipinski definition) is 1. The van der Waals surface area contributed by atoms with Crippen LogP contribution in [-0.2, 0) is 10.0 Å². The van der Waals surface area contributed by atoms with E-state index in [1.807, 2.05) is 29.5 Å². The lowest BCUT2D eigenvalue weighted by atomic mass is 10.4. The highest BCUT2D eigenvalue weighted by molar-refractivity contribution is 14.1. The van der Waals surface area contributed by atoms with Crippen molar-refractivity contribution in [3.05, 3.63) is 26.8 Å². The van der Waals surface area contributed by atoms with Crippen LogP contribution in [0, 0.1) is 3.57 Å². The Morgan fingerprint density at radius 3 is 2.67 bits per heavy atom. The Balaban J connectivity index is 3.05. The summed E-state index contributed by atoms with van der Waals surface area (Å²) < 4.78 is 26.7. The summed E-state index contributed by atoms with van der Waals surface area (Å²) in [7, 11) is -3.39. The first kappa shape index (κ1) is 13.2. The molecule has 0 atom stereocenters. The van der Waals surface area contributed by atoms with E-state index < -0.39 is 10.0 Å². The zero-order valence-corrected chi connectivity index (χ0v) is 11.9. The SMILES string of the molecule is CCCNS(=O)(=O)c1ccc(Cl)cc1I. The van der Waals surface area contributed by atoms with Crippen molar-refractivity contribution in [2.45, 2.75) is 18.2 Å². The second kappa shape index (κ2) is 5.47. The summed E-state index contributed by atoms with van der Waals surface area (Å²) in [5.41, 5.74) is 0. The first-order valence-electron chi connectivity index (χ1n) is 4.42. The standard InChI is InChI=1S/C9H11ClINO2S/c1-2-5-12-15(13,14)9-4-3-7(10)6-8(9)11/h3-4,6,12H,2,5H2,1H3. The fraction of sp³-hybridized carbons (Fsp3) is 0.333. The van der Waals surface area contributed by atoms with Crippen LogP contribution >= 0.6 is 34.2 Å². The largest absolute Gasteiger partial charge is 0.241 e. The van der Waals surface area contributed by atoms with Crippen LogP contribution in [0.4, 0.5) is 0 Å². The van der Waals surface area contributed by atoms with Gasteiger partial charge in [-0.3, -0.25) is 0 Å². The van der Waals surface area contributed by atoms with Gasteiger partial charge in [-0.05, 0) is 47.2 Å². The molecule has 0 aliphatic carbocycles. The minimum absolute atomic E-state index is 0.279. The molecule has 1 rings (SSSR count). The van der Waals surface area contributed by atoms with E-state index >= 15 is 0 Å². The molecule has 1 N–H and O–H groups in total. The average molecular weight is 360 g/mol. The Bertz CT molecular complexity index is 447. The first-order chi connectivity index (χ1) is 6.97. The third-order valence-corrected chi connectivity index (χ3v) is 4.74. The number of halogens is 2. The van der Waals surface area contributed by atoms with Crippen molar-refractivity contribution in [3.8, 4) is 0 Å². The van der Waals surface area contributed by atoms with Crippen LogP contribution in [0.1, 0.15) is 13.3 Å². The molecule has 0 aliphatic heterocycles. The maximum absolute atomic E-state index is 11.8. The van der Waals surface area contributed by atoms with Crippen LogP contribution in [0.3, 0.4) is 0 Å². The second-order valence-corrected chi connectivity index (χ2v) is 6.31. The summed E-state index contributed by atoms with van der Waals surface area (Å²) in [6.45, 7) is 2.36. The van der Waals surface area contributed by atoms with Crippen LogP contribution in [-0.4, -0.2) is 15.0 Å². The molecule has 6 heteroatoms. The monoisotopic (exact) mass is 359 g/mol. The molecule has 0 saturated carbocycles. The molecule has 0 fully saturated rings. The number of benzene rings is 1. The summed E-state index contributed by atoms with van der Waals surface area (Å²) >= 11 is 7.71. The molecule has 0 unspecified atom stereocenters. The molecule has 1 aromatic rings. The van der Waals surface area contributed by atoms with Gasteiger partial charge in [0.15, 0.2) is 0 Å². The van der Waals surface area contributed by atoms with E-state index in [-0.39, 0.29) is 4.90 Å². The Kier molecular flexibility index (Phi) is 4.82. The van der Waals surface area contributed by atoms with E-state index in [1.165, 1.54) is 6.07 Å². The van der Waals surface area contributed by atoms with Crippen molar-refractivity contribution in [2.24, 2.45) is 0 Å². The Morgan fingerprint density at radius 1 is 1.47 bits per heavy atom. The molecule has 0 saturated heterocycles. The summed E-state index contributed by atoms with van der Waals surface area (Å²) in [6.07, 6.45) is 0.767. The van der Waals surface area contributed by atoms with Gasteiger partial charge in [-0.25, -0.2) is 13.1 Å².